The third kappa shape index (κ3) is 4.56. The highest BCUT2D eigenvalue weighted by molar-refractivity contribution is 5.86. The van der Waals surface area contributed by atoms with E-state index < -0.39 is 0 Å². The lowest BCUT2D eigenvalue weighted by Crippen LogP contribution is -2.44. The molecule has 0 aliphatic rings. The molecule has 0 saturated heterocycles. The van der Waals surface area contributed by atoms with Crippen LogP contribution in [0.25, 0.3) is 11.0 Å². The molecule has 24 heavy (non-hydrogen) atoms. The zero-order valence-corrected chi connectivity index (χ0v) is 15.2. The van der Waals surface area contributed by atoms with Crippen LogP contribution in [0.4, 0.5) is 5.82 Å². The molecule has 2 rings (SSSR count). The lowest BCUT2D eigenvalue weighted by Gasteiger charge is -2.20. The van der Waals surface area contributed by atoms with E-state index in [9.17, 15) is 0 Å². The maximum absolute atomic E-state index is 4.60. The highest BCUT2D eigenvalue weighted by atomic mass is 15.3. The van der Waals surface area contributed by atoms with Crippen molar-refractivity contribution in [3.05, 3.63) is 12.5 Å². The SMILES string of the molecule is CCNC(=NCCNc1ncnc2c1cnn2C)NC(C)C(C)C. The molecule has 0 bridgehead atoms. The van der Waals surface area contributed by atoms with E-state index in [1.54, 1.807) is 17.2 Å². The Kier molecular flexibility index (Phi) is 6.34. The number of aryl methyl sites for hydroxylation is 1. The summed E-state index contributed by atoms with van der Waals surface area (Å²) in [6, 6.07) is 0.368. The summed E-state index contributed by atoms with van der Waals surface area (Å²) in [6.45, 7) is 10.8. The predicted molar refractivity (Wildman–Crippen MR) is 98.2 cm³/mol. The fraction of sp³-hybridized carbons (Fsp3) is 0.625. The van der Waals surface area contributed by atoms with Crippen molar-refractivity contribution >= 4 is 22.8 Å². The molecular weight excluding hydrogens is 304 g/mol. The highest BCUT2D eigenvalue weighted by Gasteiger charge is 2.09. The summed E-state index contributed by atoms with van der Waals surface area (Å²) in [5.74, 6) is 2.18. The summed E-state index contributed by atoms with van der Waals surface area (Å²) in [5.41, 5.74) is 0.816. The molecule has 1 atom stereocenters. The smallest absolute Gasteiger partial charge is 0.191 e. The van der Waals surface area contributed by atoms with Gasteiger partial charge in [-0.25, -0.2) is 9.97 Å². The van der Waals surface area contributed by atoms with Gasteiger partial charge < -0.3 is 16.0 Å². The molecule has 2 aromatic heterocycles. The molecule has 2 heterocycles. The number of rotatable bonds is 7. The van der Waals surface area contributed by atoms with Crippen molar-refractivity contribution in [2.75, 3.05) is 25.0 Å². The van der Waals surface area contributed by atoms with Crippen molar-refractivity contribution in [1.82, 2.24) is 30.4 Å². The van der Waals surface area contributed by atoms with E-state index in [4.69, 9.17) is 0 Å². The van der Waals surface area contributed by atoms with E-state index in [0.717, 1.165) is 29.4 Å². The maximum Gasteiger partial charge on any atom is 0.191 e. The molecule has 3 N–H and O–H groups in total. The van der Waals surface area contributed by atoms with Crippen molar-refractivity contribution in [1.29, 1.82) is 0 Å². The summed E-state index contributed by atoms with van der Waals surface area (Å²) in [6.07, 6.45) is 3.32. The molecule has 1 unspecified atom stereocenters. The van der Waals surface area contributed by atoms with Crippen LogP contribution >= 0.6 is 0 Å². The molecule has 0 fully saturated rings. The minimum atomic E-state index is 0.368. The molecule has 132 valence electrons. The van der Waals surface area contributed by atoms with Crippen molar-refractivity contribution < 1.29 is 0 Å². The van der Waals surface area contributed by atoms with Gasteiger partial charge in [-0.2, -0.15) is 5.10 Å². The first-order valence-electron chi connectivity index (χ1n) is 8.44. The average Bonchev–Trinajstić information content (AvgIpc) is 2.93. The molecule has 8 heteroatoms. The summed E-state index contributed by atoms with van der Waals surface area (Å²) in [5, 5.41) is 15.1. The van der Waals surface area contributed by atoms with Gasteiger partial charge in [0, 0.05) is 26.2 Å². The molecule has 0 amide bonds. The van der Waals surface area contributed by atoms with Gasteiger partial charge in [-0.05, 0) is 19.8 Å². The number of aliphatic imine (C=N–C) groups is 1. The number of nitrogens with zero attached hydrogens (tertiary/aromatic N) is 5. The molecule has 2 aromatic rings. The Hall–Kier alpha value is -2.38. The lowest BCUT2D eigenvalue weighted by molar-refractivity contribution is 0.481. The molecule has 0 aromatic carbocycles. The molecule has 8 nitrogen and oxygen atoms in total. The summed E-state index contributed by atoms with van der Waals surface area (Å²) >= 11 is 0. The van der Waals surface area contributed by atoms with Gasteiger partial charge in [0.2, 0.25) is 0 Å². The Morgan fingerprint density at radius 2 is 2.08 bits per heavy atom. The van der Waals surface area contributed by atoms with Gasteiger partial charge in [0.05, 0.1) is 18.1 Å². The van der Waals surface area contributed by atoms with Crippen LogP contribution in [0, 0.1) is 5.92 Å². The van der Waals surface area contributed by atoms with Crippen molar-refractivity contribution in [2.24, 2.45) is 18.0 Å². The minimum absolute atomic E-state index is 0.368. The second kappa shape index (κ2) is 8.47. The standard InChI is InChI=1S/C16H28N8/c1-6-17-16(23-12(4)11(2)3)19-8-7-18-14-13-9-22-24(5)15(13)21-10-20-14/h9-12H,6-8H2,1-5H3,(H2,17,19,23)(H,18,20,21). The number of aromatic nitrogens is 4. The van der Waals surface area contributed by atoms with E-state index in [-0.39, 0.29) is 0 Å². The fourth-order valence-corrected chi connectivity index (χ4v) is 2.15. The van der Waals surface area contributed by atoms with Crippen LogP contribution in [0.2, 0.25) is 0 Å². The third-order valence-corrected chi connectivity index (χ3v) is 3.91. The number of fused-ring (bicyclic) bond motifs is 1. The van der Waals surface area contributed by atoms with Crippen LogP contribution in [-0.2, 0) is 7.05 Å². The van der Waals surface area contributed by atoms with Crippen LogP contribution < -0.4 is 16.0 Å². The van der Waals surface area contributed by atoms with Gasteiger partial charge in [0.15, 0.2) is 11.6 Å². The van der Waals surface area contributed by atoms with Crippen LogP contribution in [0.3, 0.4) is 0 Å². The van der Waals surface area contributed by atoms with Gasteiger partial charge >= 0.3 is 0 Å². The largest absolute Gasteiger partial charge is 0.367 e. The first-order valence-corrected chi connectivity index (χ1v) is 8.44. The Bertz CT molecular complexity index is 676. The van der Waals surface area contributed by atoms with Crippen LogP contribution in [0.1, 0.15) is 27.7 Å². The zero-order valence-electron chi connectivity index (χ0n) is 15.2. The van der Waals surface area contributed by atoms with Gasteiger partial charge in [-0.15, -0.1) is 0 Å². The van der Waals surface area contributed by atoms with Crippen LogP contribution in [-0.4, -0.2) is 51.4 Å². The van der Waals surface area contributed by atoms with Crippen molar-refractivity contribution in [2.45, 2.75) is 33.7 Å². The normalized spacial score (nSPS) is 13.3. The van der Waals surface area contributed by atoms with Crippen molar-refractivity contribution in [3.8, 4) is 0 Å². The first kappa shape index (κ1) is 18.0. The molecule has 0 spiro atoms. The first-order chi connectivity index (χ1) is 11.5. The average molecular weight is 332 g/mol. The Balaban J connectivity index is 1.93. The number of anilines is 1. The molecule has 0 aliphatic carbocycles. The fourth-order valence-electron chi connectivity index (χ4n) is 2.15. The van der Waals surface area contributed by atoms with E-state index in [2.05, 4.69) is 63.7 Å². The Labute approximate surface area is 143 Å². The third-order valence-electron chi connectivity index (χ3n) is 3.91. The van der Waals surface area contributed by atoms with Crippen molar-refractivity contribution in [3.63, 3.8) is 0 Å². The lowest BCUT2D eigenvalue weighted by atomic mass is 10.1. The topological polar surface area (TPSA) is 92.1 Å². The molecule has 0 radical (unpaired) electrons. The molecular formula is C16H28N8. The predicted octanol–water partition coefficient (Wildman–Crippen LogP) is 1.37. The van der Waals surface area contributed by atoms with Crippen LogP contribution in [0.5, 0.6) is 0 Å². The summed E-state index contributed by atoms with van der Waals surface area (Å²) in [7, 11) is 1.87. The second-order valence-corrected chi connectivity index (χ2v) is 6.09. The minimum Gasteiger partial charge on any atom is -0.367 e. The number of guanidine groups is 1. The number of hydrogen-bond donors (Lipinski definition) is 3. The van der Waals surface area contributed by atoms with E-state index >= 15 is 0 Å². The highest BCUT2D eigenvalue weighted by Crippen LogP contribution is 2.17. The number of hydrogen-bond acceptors (Lipinski definition) is 5. The van der Waals surface area contributed by atoms with E-state index in [1.165, 1.54) is 0 Å². The molecule has 0 saturated carbocycles. The zero-order chi connectivity index (χ0) is 17.5. The van der Waals surface area contributed by atoms with Crippen LogP contribution in [0.15, 0.2) is 17.5 Å². The van der Waals surface area contributed by atoms with Gasteiger partial charge in [-0.1, -0.05) is 13.8 Å². The van der Waals surface area contributed by atoms with E-state index in [0.29, 0.717) is 25.0 Å². The number of nitrogens with one attached hydrogen (secondary N) is 3. The maximum atomic E-state index is 4.60. The van der Waals surface area contributed by atoms with Gasteiger partial charge in [0.25, 0.3) is 0 Å². The monoisotopic (exact) mass is 332 g/mol. The summed E-state index contributed by atoms with van der Waals surface area (Å²) in [4.78, 5) is 13.1. The van der Waals surface area contributed by atoms with Gasteiger partial charge in [-0.3, -0.25) is 9.67 Å². The van der Waals surface area contributed by atoms with E-state index in [1.807, 2.05) is 7.05 Å². The van der Waals surface area contributed by atoms with Gasteiger partial charge in [0.1, 0.15) is 12.1 Å². The second-order valence-electron chi connectivity index (χ2n) is 6.09. The quantitative estimate of drug-likeness (QED) is 0.403. The Morgan fingerprint density at radius 1 is 1.29 bits per heavy atom. The Morgan fingerprint density at radius 3 is 2.79 bits per heavy atom. The summed E-state index contributed by atoms with van der Waals surface area (Å²) < 4.78 is 1.74. The molecule has 0 aliphatic heterocycles.